The highest BCUT2D eigenvalue weighted by Gasteiger charge is 2.18. The zero-order valence-corrected chi connectivity index (χ0v) is 10.5. The molecule has 92 valence electrons. The lowest BCUT2D eigenvalue weighted by Crippen LogP contribution is -2.39. The van der Waals surface area contributed by atoms with Gasteiger partial charge in [0.15, 0.2) is 0 Å². The number of hydrogen-bond donors (Lipinski definition) is 1. The predicted molar refractivity (Wildman–Crippen MR) is 64.9 cm³/mol. The average Bonchev–Trinajstić information content (AvgIpc) is 2.31. The van der Waals surface area contributed by atoms with Crippen LogP contribution in [-0.2, 0) is 9.53 Å². The molecular formula is C13H17NO3. The number of esters is 1. The van der Waals surface area contributed by atoms with Gasteiger partial charge in [0.05, 0.1) is 7.11 Å². The van der Waals surface area contributed by atoms with Gasteiger partial charge in [0.2, 0.25) is 0 Å². The van der Waals surface area contributed by atoms with Gasteiger partial charge >= 0.3 is 5.97 Å². The van der Waals surface area contributed by atoms with Crippen LogP contribution in [-0.4, -0.2) is 25.0 Å². The van der Waals surface area contributed by atoms with Crippen LogP contribution in [0.1, 0.15) is 28.4 Å². The van der Waals surface area contributed by atoms with Crippen LogP contribution in [0.3, 0.4) is 0 Å². The number of benzene rings is 1. The molecule has 0 saturated heterocycles. The van der Waals surface area contributed by atoms with E-state index in [1.54, 1.807) is 13.0 Å². The highest BCUT2D eigenvalue weighted by Crippen LogP contribution is 2.12. The van der Waals surface area contributed by atoms with Gasteiger partial charge in [-0.3, -0.25) is 4.79 Å². The summed E-state index contributed by atoms with van der Waals surface area (Å²) in [7, 11) is 1.29. The Morgan fingerprint density at radius 2 is 1.94 bits per heavy atom. The third kappa shape index (κ3) is 3.06. The zero-order chi connectivity index (χ0) is 13.0. The summed E-state index contributed by atoms with van der Waals surface area (Å²) in [4.78, 5) is 23.1. The minimum atomic E-state index is -0.646. The summed E-state index contributed by atoms with van der Waals surface area (Å²) in [6.45, 7) is 5.41. The summed E-state index contributed by atoms with van der Waals surface area (Å²) in [5.74, 6) is -0.715. The van der Waals surface area contributed by atoms with Gasteiger partial charge in [0, 0.05) is 5.56 Å². The molecule has 1 aromatic carbocycles. The molecule has 0 spiro atoms. The first-order valence-electron chi connectivity index (χ1n) is 5.42. The number of ether oxygens (including phenoxy) is 1. The molecule has 0 radical (unpaired) electrons. The van der Waals surface area contributed by atoms with E-state index in [4.69, 9.17) is 0 Å². The lowest BCUT2D eigenvalue weighted by Gasteiger charge is -2.13. The zero-order valence-electron chi connectivity index (χ0n) is 10.5. The summed E-state index contributed by atoms with van der Waals surface area (Å²) in [5, 5.41) is 2.60. The molecule has 0 aromatic heterocycles. The topological polar surface area (TPSA) is 55.4 Å². The molecular weight excluding hydrogens is 218 g/mol. The third-order valence-corrected chi connectivity index (χ3v) is 2.75. The molecule has 0 heterocycles. The van der Waals surface area contributed by atoms with Crippen LogP contribution in [0, 0.1) is 13.8 Å². The quantitative estimate of drug-likeness (QED) is 0.809. The predicted octanol–water partition coefficient (Wildman–Crippen LogP) is 1.59. The second-order valence-electron chi connectivity index (χ2n) is 3.97. The Morgan fingerprint density at radius 1 is 1.29 bits per heavy atom. The molecule has 0 saturated carbocycles. The Kier molecular flexibility index (Phi) is 4.26. The van der Waals surface area contributed by atoms with E-state index in [9.17, 15) is 9.59 Å². The first-order chi connectivity index (χ1) is 7.97. The molecule has 4 nitrogen and oxygen atoms in total. The highest BCUT2D eigenvalue weighted by atomic mass is 16.5. The lowest BCUT2D eigenvalue weighted by atomic mass is 10.0. The Hall–Kier alpha value is -1.84. The number of nitrogens with one attached hydrogen (secondary N) is 1. The number of hydrogen-bond acceptors (Lipinski definition) is 3. The highest BCUT2D eigenvalue weighted by molar-refractivity contribution is 5.98. The van der Waals surface area contributed by atoms with Gasteiger partial charge in [-0.15, -0.1) is 0 Å². The van der Waals surface area contributed by atoms with Crippen molar-refractivity contribution in [3.05, 3.63) is 34.9 Å². The van der Waals surface area contributed by atoms with Gasteiger partial charge in [-0.05, 0) is 38.0 Å². The lowest BCUT2D eigenvalue weighted by molar-refractivity contribution is -0.142. The van der Waals surface area contributed by atoms with E-state index in [1.165, 1.54) is 7.11 Å². The molecule has 1 unspecified atom stereocenters. The van der Waals surface area contributed by atoms with E-state index in [1.807, 2.05) is 26.0 Å². The van der Waals surface area contributed by atoms with Gasteiger partial charge in [-0.25, -0.2) is 4.79 Å². The standard InChI is InChI=1S/C13H17NO3/c1-8-6-5-7-11(9(8)2)12(15)14-10(3)13(16)17-4/h5-7,10H,1-4H3,(H,14,15). The summed E-state index contributed by atoms with van der Waals surface area (Å²) < 4.78 is 4.55. The largest absolute Gasteiger partial charge is 0.467 e. The van der Waals surface area contributed by atoms with Crippen LogP contribution in [0.4, 0.5) is 0 Å². The van der Waals surface area contributed by atoms with E-state index in [0.717, 1.165) is 11.1 Å². The van der Waals surface area contributed by atoms with Gasteiger partial charge < -0.3 is 10.1 Å². The molecule has 1 rings (SSSR count). The number of carbonyl (C=O) groups excluding carboxylic acids is 2. The number of amides is 1. The van der Waals surface area contributed by atoms with E-state index >= 15 is 0 Å². The van der Waals surface area contributed by atoms with Crippen LogP contribution in [0.15, 0.2) is 18.2 Å². The molecule has 0 aliphatic carbocycles. The fourth-order valence-electron chi connectivity index (χ4n) is 1.51. The second-order valence-corrected chi connectivity index (χ2v) is 3.97. The molecule has 1 amide bonds. The Balaban J connectivity index is 2.84. The van der Waals surface area contributed by atoms with Crippen molar-refractivity contribution in [2.24, 2.45) is 0 Å². The Bertz CT molecular complexity index is 440. The van der Waals surface area contributed by atoms with E-state index in [2.05, 4.69) is 10.1 Å². The second kappa shape index (κ2) is 5.48. The van der Waals surface area contributed by atoms with E-state index < -0.39 is 12.0 Å². The normalized spacial score (nSPS) is 11.8. The molecule has 1 N–H and O–H groups in total. The molecule has 0 aliphatic rings. The molecule has 1 aromatic rings. The van der Waals surface area contributed by atoms with E-state index in [-0.39, 0.29) is 5.91 Å². The fourth-order valence-corrected chi connectivity index (χ4v) is 1.51. The SMILES string of the molecule is COC(=O)C(C)NC(=O)c1cccc(C)c1C. The van der Waals surface area contributed by atoms with Gasteiger partial charge in [0.1, 0.15) is 6.04 Å². The average molecular weight is 235 g/mol. The Labute approximate surface area is 101 Å². The maximum absolute atomic E-state index is 11.9. The molecule has 0 aliphatic heterocycles. The number of aryl methyl sites for hydroxylation is 1. The maximum Gasteiger partial charge on any atom is 0.328 e. The van der Waals surface area contributed by atoms with E-state index in [0.29, 0.717) is 5.56 Å². The molecule has 1 atom stereocenters. The van der Waals surface area contributed by atoms with Gasteiger partial charge in [-0.1, -0.05) is 12.1 Å². The van der Waals surface area contributed by atoms with Crippen molar-refractivity contribution in [1.82, 2.24) is 5.32 Å². The van der Waals surface area contributed by atoms with Crippen molar-refractivity contribution < 1.29 is 14.3 Å². The smallest absolute Gasteiger partial charge is 0.328 e. The van der Waals surface area contributed by atoms with Crippen molar-refractivity contribution in [2.75, 3.05) is 7.11 Å². The minimum Gasteiger partial charge on any atom is -0.467 e. The Morgan fingerprint density at radius 3 is 2.53 bits per heavy atom. The van der Waals surface area contributed by atoms with Crippen LogP contribution in [0.5, 0.6) is 0 Å². The summed E-state index contributed by atoms with van der Waals surface area (Å²) in [5.41, 5.74) is 2.55. The molecule has 0 bridgehead atoms. The van der Waals surface area contributed by atoms with Crippen LogP contribution in [0.25, 0.3) is 0 Å². The number of rotatable bonds is 3. The first kappa shape index (κ1) is 13.2. The third-order valence-electron chi connectivity index (χ3n) is 2.75. The summed E-state index contributed by atoms with van der Waals surface area (Å²) >= 11 is 0. The maximum atomic E-state index is 11.9. The van der Waals surface area contributed by atoms with Crippen LogP contribution >= 0.6 is 0 Å². The van der Waals surface area contributed by atoms with Crippen molar-refractivity contribution in [3.8, 4) is 0 Å². The van der Waals surface area contributed by atoms with Crippen LogP contribution in [0.2, 0.25) is 0 Å². The van der Waals surface area contributed by atoms with Crippen molar-refractivity contribution >= 4 is 11.9 Å². The number of carbonyl (C=O) groups is 2. The van der Waals surface area contributed by atoms with Crippen molar-refractivity contribution in [2.45, 2.75) is 26.8 Å². The summed E-state index contributed by atoms with van der Waals surface area (Å²) in [6.07, 6.45) is 0. The number of methoxy groups -OCH3 is 1. The monoisotopic (exact) mass is 235 g/mol. The van der Waals surface area contributed by atoms with Crippen molar-refractivity contribution in [1.29, 1.82) is 0 Å². The first-order valence-corrected chi connectivity index (χ1v) is 5.42. The minimum absolute atomic E-state index is 0.260. The van der Waals surface area contributed by atoms with Gasteiger partial charge in [0.25, 0.3) is 5.91 Å². The van der Waals surface area contributed by atoms with Gasteiger partial charge in [-0.2, -0.15) is 0 Å². The van der Waals surface area contributed by atoms with Crippen LogP contribution < -0.4 is 5.32 Å². The summed E-state index contributed by atoms with van der Waals surface area (Å²) in [6, 6.07) is 4.85. The molecule has 0 fully saturated rings. The molecule has 4 heteroatoms. The van der Waals surface area contributed by atoms with Crippen molar-refractivity contribution in [3.63, 3.8) is 0 Å². The molecule has 17 heavy (non-hydrogen) atoms. The fraction of sp³-hybridized carbons (Fsp3) is 0.385.